The Morgan fingerprint density at radius 2 is 1.97 bits per heavy atom. The second kappa shape index (κ2) is 10.1. The quantitative estimate of drug-likeness (QED) is 0.299. The van der Waals surface area contributed by atoms with Gasteiger partial charge in [-0.15, -0.1) is 0 Å². The van der Waals surface area contributed by atoms with E-state index in [0.717, 1.165) is 23.4 Å². The molecule has 0 aliphatic heterocycles. The monoisotopic (exact) mass is 442 g/mol. The Labute approximate surface area is 184 Å². The number of nitro benzene ring substituents is 1. The van der Waals surface area contributed by atoms with Crippen molar-refractivity contribution in [2.24, 2.45) is 0 Å². The van der Waals surface area contributed by atoms with E-state index in [-0.39, 0.29) is 18.2 Å². The third kappa shape index (κ3) is 5.82. The highest BCUT2D eigenvalue weighted by Crippen LogP contribution is 2.20. The number of benzene rings is 2. The van der Waals surface area contributed by atoms with Crippen LogP contribution in [-0.2, 0) is 13.2 Å². The zero-order chi connectivity index (χ0) is 22.4. The van der Waals surface area contributed by atoms with Gasteiger partial charge in [0.15, 0.2) is 0 Å². The number of nitrogens with zero attached hydrogens (tertiary/aromatic N) is 3. The molecular weight excluding hydrogens is 420 g/mol. The van der Waals surface area contributed by atoms with Crippen molar-refractivity contribution in [1.29, 1.82) is 0 Å². The Kier molecular flexibility index (Phi) is 7.25. The summed E-state index contributed by atoms with van der Waals surface area (Å²) in [6.07, 6.45) is 0.729. The largest absolute Gasteiger partial charge is 0.489 e. The van der Waals surface area contributed by atoms with E-state index in [1.807, 2.05) is 24.6 Å². The molecule has 0 spiro atoms. The highest BCUT2D eigenvalue weighted by atomic mass is 35.5. The number of nitrogens with one attached hydrogen (secondary N) is 1. The Balaban J connectivity index is 1.48. The van der Waals surface area contributed by atoms with Crippen molar-refractivity contribution in [3.8, 4) is 5.75 Å². The van der Waals surface area contributed by atoms with E-state index in [0.29, 0.717) is 29.4 Å². The van der Waals surface area contributed by atoms with Crippen molar-refractivity contribution < 1.29 is 14.5 Å². The molecule has 1 heterocycles. The molecule has 0 bridgehead atoms. The summed E-state index contributed by atoms with van der Waals surface area (Å²) < 4.78 is 7.50. The van der Waals surface area contributed by atoms with Gasteiger partial charge < -0.3 is 10.1 Å². The molecule has 0 saturated carbocycles. The maximum absolute atomic E-state index is 12.4. The van der Waals surface area contributed by atoms with Crippen LogP contribution in [0.1, 0.15) is 33.7 Å². The molecule has 31 heavy (non-hydrogen) atoms. The fraction of sp³-hybridized carbons (Fsp3) is 0.273. The van der Waals surface area contributed by atoms with Crippen molar-refractivity contribution in [2.75, 3.05) is 6.54 Å². The van der Waals surface area contributed by atoms with Crippen LogP contribution < -0.4 is 10.1 Å². The van der Waals surface area contributed by atoms with Gasteiger partial charge in [-0.05, 0) is 50.1 Å². The molecule has 2 aromatic carbocycles. The first kappa shape index (κ1) is 22.3. The number of rotatable bonds is 9. The lowest BCUT2D eigenvalue weighted by atomic mass is 10.1. The average Bonchev–Trinajstić information content (AvgIpc) is 3.02. The number of halogens is 1. The number of hydrogen-bond acceptors (Lipinski definition) is 5. The highest BCUT2D eigenvalue weighted by molar-refractivity contribution is 6.31. The van der Waals surface area contributed by atoms with Crippen LogP contribution in [0.15, 0.2) is 48.5 Å². The fourth-order valence-electron chi connectivity index (χ4n) is 3.06. The van der Waals surface area contributed by atoms with E-state index < -0.39 is 4.92 Å². The third-order valence-corrected chi connectivity index (χ3v) is 5.31. The molecule has 3 aromatic rings. The SMILES string of the molecule is Cc1nn(CCCNC(=O)c2cccc(COc3ccc([N+](=O)[O-])cc3)c2)c(C)c1Cl. The van der Waals surface area contributed by atoms with E-state index in [1.54, 1.807) is 30.3 Å². The smallest absolute Gasteiger partial charge is 0.269 e. The summed E-state index contributed by atoms with van der Waals surface area (Å²) in [5.74, 6) is 0.355. The zero-order valence-electron chi connectivity index (χ0n) is 17.3. The molecule has 3 rings (SSSR count). The molecule has 0 fully saturated rings. The minimum atomic E-state index is -0.460. The van der Waals surface area contributed by atoms with Crippen LogP contribution in [0.2, 0.25) is 5.02 Å². The minimum Gasteiger partial charge on any atom is -0.489 e. The number of non-ortho nitro benzene ring substituents is 1. The second-order valence-electron chi connectivity index (χ2n) is 7.06. The Bertz CT molecular complexity index is 1080. The van der Waals surface area contributed by atoms with Gasteiger partial charge in [-0.2, -0.15) is 5.10 Å². The number of carbonyl (C=O) groups is 1. The standard InChI is InChI=1S/C22H23ClN4O4/c1-15-21(23)16(2)26(25-15)12-4-11-24-22(28)18-6-3-5-17(13-18)14-31-20-9-7-19(8-10-20)27(29)30/h3,5-10,13H,4,11-12,14H2,1-2H3,(H,24,28). The normalized spacial score (nSPS) is 10.7. The maximum Gasteiger partial charge on any atom is 0.269 e. The van der Waals surface area contributed by atoms with Gasteiger partial charge >= 0.3 is 0 Å². The van der Waals surface area contributed by atoms with Crippen molar-refractivity contribution >= 4 is 23.2 Å². The number of aromatic nitrogens is 2. The van der Waals surface area contributed by atoms with Crippen molar-refractivity contribution in [2.45, 2.75) is 33.4 Å². The average molecular weight is 443 g/mol. The van der Waals surface area contributed by atoms with Gasteiger partial charge in [0.2, 0.25) is 0 Å². The second-order valence-corrected chi connectivity index (χ2v) is 7.44. The van der Waals surface area contributed by atoms with Gasteiger partial charge in [-0.1, -0.05) is 23.7 Å². The van der Waals surface area contributed by atoms with E-state index in [4.69, 9.17) is 16.3 Å². The first-order valence-electron chi connectivity index (χ1n) is 9.79. The number of amides is 1. The Morgan fingerprint density at radius 3 is 2.61 bits per heavy atom. The van der Waals surface area contributed by atoms with Crippen LogP contribution in [0, 0.1) is 24.0 Å². The molecular formula is C22H23ClN4O4. The molecule has 0 unspecified atom stereocenters. The molecule has 0 radical (unpaired) electrons. The maximum atomic E-state index is 12.4. The van der Waals surface area contributed by atoms with E-state index in [2.05, 4.69) is 10.4 Å². The highest BCUT2D eigenvalue weighted by Gasteiger charge is 2.10. The van der Waals surface area contributed by atoms with Gasteiger partial charge in [0.1, 0.15) is 12.4 Å². The van der Waals surface area contributed by atoms with Crippen molar-refractivity contribution in [3.05, 3.63) is 86.2 Å². The number of ether oxygens (including phenoxy) is 1. The fourth-order valence-corrected chi connectivity index (χ4v) is 3.19. The molecule has 0 atom stereocenters. The van der Waals surface area contributed by atoms with E-state index in [9.17, 15) is 14.9 Å². The summed E-state index contributed by atoms with van der Waals surface area (Å²) in [4.78, 5) is 22.7. The van der Waals surface area contributed by atoms with E-state index >= 15 is 0 Å². The van der Waals surface area contributed by atoms with Gasteiger partial charge in [0.05, 0.1) is 21.3 Å². The van der Waals surface area contributed by atoms with Crippen molar-refractivity contribution in [3.63, 3.8) is 0 Å². The lowest BCUT2D eigenvalue weighted by molar-refractivity contribution is -0.384. The van der Waals surface area contributed by atoms with Crippen LogP contribution in [0.3, 0.4) is 0 Å². The molecule has 1 N–H and O–H groups in total. The summed E-state index contributed by atoms with van der Waals surface area (Å²) in [6, 6.07) is 13.0. The number of hydrogen-bond donors (Lipinski definition) is 1. The van der Waals surface area contributed by atoms with Crippen LogP contribution >= 0.6 is 11.6 Å². The molecule has 0 aliphatic carbocycles. The molecule has 9 heteroatoms. The Hall–Kier alpha value is -3.39. The van der Waals surface area contributed by atoms with Gasteiger partial charge in [0.25, 0.3) is 11.6 Å². The summed E-state index contributed by atoms with van der Waals surface area (Å²) in [6.45, 7) is 5.22. The summed E-state index contributed by atoms with van der Waals surface area (Å²) in [5.41, 5.74) is 3.09. The van der Waals surface area contributed by atoms with Crippen LogP contribution in [0.4, 0.5) is 5.69 Å². The van der Waals surface area contributed by atoms with Gasteiger partial charge in [0, 0.05) is 30.8 Å². The van der Waals surface area contributed by atoms with Crippen LogP contribution in [0.5, 0.6) is 5.75 Å². The van der Waals surface area contributed by atoms with Crippen LogP contribution in [-0.4, -0.2) is 27.2 Å². The Morgan fingerprint density at radius 1 is 1.23 bits per heavy atom. The first-order chi connectivity index (χ1) is 14.8. The minimum absolute atomic E-state index is 0.00645. The molecule has 1 amide bonds. The van der Waals surface area contributed by atoms with Gasteiger partial charge in [-0.3, -0.25) is 19.6 Å². The lowest BCUT2D eigenvalue weighted by Crippen LogP contribution is -2.25. The van der Waals surface area contributed by atoms with Crippen molar-refractivity contribution in [1.82, 2.24) is 15.1 Å². The summed E-state index contributed by atoms with van der Waals surface area (Å²) in [7, 11) is 0. The number of aryl methyl sites for hydroxylation is 2. The zero-order valence-corrected chi connectivity index (χ0v) is 18.1. The molecule has 0 saturated heterocycles. The molecule has 1 aromatic heterocycles. The predicted molar refractivity (Wildman–Crippen MR) is 118 cm³/mol. The van der Waals surface area contributed by atoms with Crippen LogP contribution in [0.25, 0.3) is 0 Å². The number of carbonyl (C=O) groups excluding carboxylic acids is 1. The molecule has 162 valence electrons. The number of nitro groups is 1. The summed E-state index contributed by atoms with van der Waals surface area (Å²) in [5, 5.41) is 18.7. The summed E-state index contributed by atoms with van der Waals surface area (Å²) >= 11 is 6.15. The predicted octanol–water partition coefficient (Wildman–Crippen LogP) is 4.46. The van der Waals surface area contributed by atoms with Gasteiger partial charge in [-0.25, -0.2) is 0 Å². The molecule has 0 aliphatic rings. The topological polar surface area (TPSA) is 99.3 Å². The first-order valence-corrected chi connectivity index (χ1v) is 10.2. The third-order valence-electron chi connectivity index (χ3n) is 4.77. The molecule has 8 nitrogen and oxygen atoms in total. The van der Waals surface area contributed by atoms with E-state index in [1.165, 1.54) is 12.1 Å². The lowest BCUT2D eigenvalue weighted by Gasteiger charge is -2.09.